The number of hydrogen-bond donors (Lipinski definition) is 2. The highest BCUT2D eigenvalue weighted by molar-refractivity contribution is 5.85. The van der Waals surface area contributed by atoms with Crippen molar-refractivity contribution in [3.05, 3.63) is 54.1 Å². The lowest BCUT2D eigenvalue weighted by atomic mass is 9.75. The van der Waals surface area contributed by atoms with Gasteiger partial charge in [-0.3, -0.25) is 9.59 Å². The third kappa shape index (κ3) is 3.05. The Bertz CT molecular complexity index is 588. The first-order valence-electron chi connectivity index (χ1n) is 6.80. The number of carbonyl (C=O) groups is 2. The van der Waals surface area contributed by atoms with Gasteiger partial charge in [-0.2, -0.15) is 0 Å². The molecule has 0 heterocycles. The molecule has 2 atom stereocenters. The highest BCUT2D eigenvalue weighted by atomic mass is 16.4. The van der Waals surface area contributed by atoms with Crippen LogP contribution in [0.2, 0.25) is 0 Å². The second-order valence-electron chi connectivity index (χ2n) is 5.50. The van der Waals surface area contributed by atoms with Crippen LogP contribution >= 0.6 is 0 Å². The Morgan fingerprint density at radius 2 is 1.95 bits per heavy atom. The van der Waals surface area contributed by atoms with Crippen molar-refractivity contribution in [2.24, 2.45) is 11.3 Å². The number of carboxylic acid groups (broad SMARTS) is 2. The second kappa shape index (κ2) is 5.95. The molecule has 1 aromatic carbocycles. The third-order valence-electron chi connectivity index (χ3n) is 4.04. The molecule has 0 unspecified atom stereocenters. The lowest BCUT2D eigenvalue weighted by molar-refractivity contribution is -0.160. The van der Waals surface area contributed by atoms with Gasteiger partial charge in [-0.25, -0.2) is 0 Å². The topological polar surface area (TPSA) is 74.6 Å². The van der Waals surface area contributed by atoms with Crippen molar-refractivity contribution in [3.8, 4) is 0 Å². The van der Waals surface area contributed by atoms with Crippen molar-refractivity contribution < 1.29 is 19.8 Å². The Morgan fingerprint density at radius 3 is 2.52 bits per heavy atom. The largest absolute Gasteiger partial charge is 0.481 e. The van der Waals surface area contributed by atoms with Crippen LogP contribution in [0.4, 0.5) is 0 Å². The van der Waals surface area contributed by atoms with E-state index in [2.05, 4.69) is 6.58 Å². The molecule has 4 nitrogen and oxygen atoms in total. The zero-order valence-corrected chi connectivity index (χ0v) is 11.7. The molecule has 1 saturated carbocycles. The van der Waals surface area contributed by atoms with Crippen LogP contribution < -0.4 is 0 Å². The fourth-order valence-electron chi connectivity index (χ4n) is 2.95. The first kappa shape index (κ1) is 15.0. The maximum Gasteiger partial charge on any atom is 0.311 e. The van der Waals surface area contributed by atoms with Gasteiger partial charge in [0, 0.05) is 0 Å². The Kier molecular flexibility index (Phi) is 4.26. The van der Waals surface area contributed by atoms with E-state index in [9.17, 15) is 19.8 Å². The summed E-state index contributed by atoms with van der Waals surface area (Å²) in [6.07, 6.45) is 4.22. The van der Waals surface area contributed by atoms with Crippen LogP contribution in [0.1, 0.15) is 24.8 Å². The van der Waals surface area contributed by atoms with E-state index in [-0.39, 0.29) is 19.3 Å². The van der Waals surface area contributed by atoms with Gasteiger partial charge in [0.15, 0.2) is 0 Å². The maximum absolute atomic E-state index is 11.7. The normalized spacial score (nSPS) is 25.3. The van der Waals surface area contributed by atoms with Gasteiger partial charge in [0.25, 0.3) is 0 Å². The number of allylic oxidation sites excluding steroid dienone is 2. The summed E-state index contributed by atoms with van der Waals surface area (Å²) >= 11 is 0. The minimum Gasteiger partial charge on any atom is -0.481 e. The second-order valence-corrected chi connectivity index (χ2v) is 5.50. The lowest BCUT2D eigenvalue weighted by Crippen LogP contribution is -2.38. The van der Waals surface area contributed by atoms with E-state index in [1.807, 2.05) is 36.4 Å². The van der Waals surface area contributed by atoms with Crippen molar-refractivity contribution >= 4 is 18.0 Å². The lowest BCUT2D eigenvalue weighted by Gasteiger charge is -2.27. The molecule has 1 aliphatic rings. The van der Waals surface area contributed by atoms with Gasteiger partial charge in [-0.05, 0) is 24.8 Å². The van der Waals surface area contributed by atoms with Gasteiger partial charge >= 0.3 is 11.9 Å². The number of benzene rings is 1. The van der Waals surface area contributed by atoms with Crippen LogP contribution in [-0.2, 0) is 9.59 Å². The van der Waals surface area contributed by atoms with Gasteiger partial charge in [0.05, 0.1) is 11.3 Å². The molecule has 1 aromatic rings. The van der Waals surface area contributed by atoms with E-state index in [0.717, 1.165) is 5.56 Å². The van der Waals surface area contributed by atoms with E-state index in [0.29, 0.717) is 5.57 Å². The fraction of sp³-hybridized carbons (Fsp3) is 0.294. The summed E-state index contributed by atoms with van der Waals surface area (Å²) in [5.74, 6) is -3.04. The molecule has 21 heavy (non-hydrogen) atoms. The number of aliphatic carboxylic acids is 2. The molecule has 0 aliphatic heterocycles. The van der Waals surface area contributed by atoms with E-state index in [1.54, 1.807) is 6.08 Å². The van der Waals surface area contributed by atoms with E-state index in [4.69, 9.17) is 0 Å². The third-order valence-corrected chi connectivity index (χ3v) is 4.04. The molecule has 0 amide bonds. The zero-order chi connectivity index (χ0) is 15.5. The Morgan fingerprint density at radius 1 is 1.29 bits per heavy atom. The Hall–Kier alpha value is -2.36. The monoisotopic (exact) mass is 286 g/mol. The number of carboxylic acids is 2. The average molecular weight is 286 g/mol. The first-order chi connectivity index (χ1) is 9.95. The van der Waals surface area contributed by atoms with Crippen molar-refractivity contribution in [3.63, 3.8) is 0 Å². The number of hydrogen-bond acceptors (Lipinski definition) is 2. The van der Waals surface area contributed by atoms with Crippen LogP contribution in [-0.4, -0.2) is 22.2 Å². The van der Waals surface area contributed by atoms with Gasteiger partial charge in [-0.1, -0.05) is 54.6 Å². The minimum absolute atomic E-state index is 0.188. The fourth-order valence-corrected chi connectivity index (χ4v) is 2.95. The predicted octanol–water partition coefficient (Wildman–Crippen LogP) is 3.21. The molecule has 4 heteroatoms. The number of rotatable bonds is 5. The van der Waals surface area contributed by atoms with Crippen LogP contribution in [0.25, 0.3) is 6.08 Å². The molecular formula is C17H18O4. The summed E-state index contributed by atoms with van der Waals surface area (Å²) in [6.45, 7) is 3.78. The maximum atomic E-state index is 11.7. The molecule has 0 saturated heterocycles. The van der Waals surface area contributed by atoms with Crippen molar-refractivity contribution in [1.82, 2.24) is 0 Å². The summed E-state index contributed by atoms with van der Waals surface area (Å²) in [5.41, 5.74) is 0.369. The molecule has 1 aliphatic carbocycles. The van der Waals surface area contributed by atoms with E-state index < -0.39 is 23.3 Å². The molecule has 1 fully saturated rings. The van der Waals surface area contributed by atoms with Gasteiger partial charge < -0.3 is 10.2 Å². The molecule has 2 rings (SSSR count). The van der Waals surface area contributed by atoms with Crippen LogP contribution in [0.3, 0.4) is 0 Å². The highest BCUT2D eigenvalue weighted by Crippen LogP contribution is 2.49. The average Bonchev–Trinajstić information content (AvgIpc) is 2.78. The van der Waals surface area contributed by atoms with Crippen LogP contribution in [0.15, 0.2) is 48.6 Å². The molecule has 0 spiro atoms. The minimum atomic E-state index is -1.28. The summed E-state index contributed by atoms with van der Waals surface area (Å²) in [7, 11) is 0. The van der Waals surface area contributed by atoms with Crippen LogP contribution in [0.5, 0.6) is 0 Å². The smallest absolute Gasteiger partial charge is 0.311 e. The highest BCUT2D eigenvalue weighted by Gasteiger charge is 2.53. The van der Waals surface area contributed by atoms with E-state index >= 15 is 0 Å². The van der Waals surface area contributed by atoms with E-state index in [1.165, 1.54) is 0 Å². The summed E-state index contributed by atoms with van der Waals surface area (Å²) in [5, 5.41) is 18.9. The molecule has 0 bridgehead atoms. The Labute approximate surface area is 123 Å². The Balaban J connectivity index is 2.23. The summed E-state index contributed by atoms with van der Waals surface area (Å²) < 4.78 is 0. The van der Waals surface area contributed by atoms with Crippen molar-refractivity contribution in [1.29, 1.82) is 0 Å². The van der Waals surface area contributed by atoms with Crippen LogP contribution in [0, 0.1) is 11.3 Å². The zero-order valence-electron chi connectivity index (χ0n) is 11.7. The standard InChI is InChI=1S/C17H18O4/c1-12-10-14(15(18)19)17(11-12,16(20)21)9-5-8-13-6-3-2-4-7-13/h2-8,14H,1,9-11H2,(H,18,19)(H,20,21)/t14-,17-/m0/s1. The van der Waals surface area contributed by atoms with Gasteiger partial charge in [0.2, 0.25) is 0 Å². The van der Waals surface area contributed by atoms with Crippen molar-refractivity contribution in [2.45, 2.75) is 19.3 Å². The first-order valence-corrected chi connectivity index (χ1v) is 6.80. The molecule has 2 N–H and O–H groups in total. The summed E-state index contributed by atoms with van der Waals surface area (Å²) in [4.78, 5) is 23.1. The van der Waals surface area contributed by atoms with Gasteiger partial charge in [0.1, 0.15) is 0 Å². The molecule has 110 valence electrons. The molecule has 0 radical (unpaired) electrons. The summed E-state index contributed by atoms with van der Waals surface area (Å²) in [6, 6.07) is 9.50. The quantitative estimate of drug-likeness (QED) is 0.815. The van der Waals surface area contributed by atoms with Gasteiger partial charge in [-0.15, -0.1) is 0 Å². The molecular weight excluding hydrogens is 268 g/mol. The molecule has 0 aromatic heterocycles. The SMILES string of the molecule is C=C1C[C@@H](C(=O)O)[C@@](CC=Cc2ccccc2)(C(=O)O)C1. The van der Waals surface area contributed by atoms with Crippen molar-refractivity contribution in [2.75, 3.05) is 0 Å². The predicted molar refractivity (Wildman–Crippen MR) is 79.7 cm³/mol.